The Morgan fingerprint density at radius 1 is 1.27 bits per heavy atom. The number of anilines is 1. The van der Waals surface area contributed by atoms with Crippen LogP contribution < -0.4 is 5.32 Å². The van der Waals surface area contributed by atoms with Crippen LogP contribution in [0.3, 0.4) is 0 Å². The van der Waals surface area contributed by atoms with Gasteiger partial charge in [0.25, 0.3) is 0 Å². The molecule has 3 nitrogen and oxygen atoms in total. The molecular formula is C12H15N3. The summed E-state index contributed by atoms with van der Waals surface area (Å²) >= 11 is 0. The van der Waals surface area contributed by atoms with E-state index in [0.717, 1.165) is 18.8 Å². The molecular weight excluding hydrogens is 186 g/mol. The summed E-state index contributed by atoms with van der Waals surface area (Å²) in [6, 6.07) is 10.3. The standard InChI is InChI=1S/C12H15N3/c1-11-3-5-12(6-4-11)13-8-10-15-9-2-7-14-15/h2-7,9,13H,8,10H2,1H3. The van der Waals surface area contributed by atoms with Gasteiger partial charge in [-0.25, -0.2) is 0 Å². The summed E-state index contributed by atoms with van der Waals surface area (Å²) in [7, 11) is 0. The Balaban J connectivity index is 1.81. The summed E-state index contributed by atoms with van der Waals surface area (Å²) in [5, 5.41) is 7.49. The molecule has 0 fully saturated rings. The van der Waals surface area contributed by atoms with E-state index in [4.69, 9.17) is 0 Å². The Morgan fingerprint density at radius 2 is 2.07 bits per heavy atom. The number of nitrogens with one attached hydrogen (secondary N) is 1. The van der Waals surface area contributed by atoms with Crippen molar-refractivity contribution in [1.29, 1.82) is 0 Å². The maximum absolute atomic E-state index is 4.14. The average Bonchev–Trinajstić information content (AvgIpc) is 2.74. The lowest BCUT2D eigenvalue weighted by atomic mass is 10.2. The molecule has 1 aromatic carbocycles. The van der Waals surface area contributed by atoms with Crippen molar-refractivity contribution in [2.24, 2.45) is 0 Å². The highest BCUT2D eigenvalue weighted by Crippen LogP contribution is 2.07. The molecule has 0 amide bonds. The van der Waals surface area contributed by atoms with E-state index >= 15 is 0 Å². The molecule has 2 aromatic rings. The number of hydrogen-bond donors (Lipinski definition) is 1. The van der Waals surface area contributed by atoms with Crippen LogP contribution in [0, 0.1) is 6.92 Å². The zero-order chi connectivity index (χ0) is 10.5. The van der Waals surface area contributed by atoms with Crippen molar-refractivity contribution in [2.45, 2.75) is 13.5 Å². The molecule has 0 unspecified atom stereocenters. The van der Waals surface area contributed by atoms with E-state index in [-0.39, 0.29) is 0 Å². The monoisotopic (exact) mass is 201 g/mol. The molecule has 0 radical (unpaired) electrons. The van der Waals surface area contributed by atoms with E-state index in [1.54, 1.807) is 6.20 Å². The first-order valence-electron chi connectivity index (χ1n) is 5.12. The second-order valence-corrected chi connectivity index (χ2v) is 3.56. The predicted octanol–water partition coefficient (Wildman–Crippen LogP) is 2.30. The van der Waals surface area contributed by atoms with Gasteiger partial charge in [-0.05, 0) is 25.1 Å². The molecule has 78 valence electrons. The van der Waals surface area contributed by atoms with Gasteiger partial charge in [0.15, 0.2) is 0 Å². The van der Waals surface area contributed by atoms with Gasteiger partial charge in [0.05, 0.1) is 6.54 Å². The highest BCUT2D eigenvalue weighted by atomic mass is 15.3. The maximum atomic E-state index is 4.14. The molecule has 0 spiro atoms. The zero-order valence-corrected chi connectivity index (χ0v) is 8.85. The number of aryl methyl sites for hydroxylation is 1. The molecule has 0 aliphatic heterocycles. The molecule has 2 rings (SSSR count). The van der Waals surface area contributed by atoms with Gasteiger partial charge in [-0.3, -0.25) is 4.68 Å². The van der Waals surface area contributed by atoms with Crippen molar-refractivity contribution in [2.75, 3.05) is 11.9 Å². The van der Waals surface area contributed by atoms with E-state index < -0.39 is 0 Å². The van der Waals surface area contributed by atoms with Crippen LogP contribution in [-0.4, -0.2) is 16.3 Å². The Hall–Kier alpha value is -1.77. The highest BCUT2D eigenvalue weighted by Gasteiger charge is 1.92. The minimum atomic E-state index is 0.890. The van der Waals surface area contributed by atoms with Gasteiger partial charge < -0.3 is 5.32 Å². The SMILES string of the molecule is Cc1ccc(NCCn2cccn2)cc1. The quantitative estimate of drug-likeness (QED) is 0.822. The van der Waals surface area contributed by atoms with Crippen LogP contribution in [0.4, 0.5) is 5.69 Å². The van der Waals surface area contributed by atoms with Gasteiger partial charge in [0, 0.05) is 24.6 Å². The lowest BCUT2D eigenvalue weighted by Gasteiger charge is -2.06. The molecule has 3 heteroatoms. The second-order valence-electron chi connectivity index (χ2n) is 3.56. The molecule has 0 bridgehead atoms. The van der Waals surface area contributed by atoms with Crippen LogP contribution in [-0.2, 0) is 6.54 Å². The first-order chi connectivity index (χ1) is 7.34. The molecule has 0 aliphatic carbocycles. The summed E-state index contributed by atoms with van der Waals surface area (Å²) in [5.41, 5.74) is 2.44. The fraction of sp³-hybridized carbons (Fsp3) is 0.250. The largest absolute Gasteiger partial charge is 0.383 e. The molecule has 1 aromatic heterocycles. The van der Waals surface area contributed by atoms with E-state index in [2.05, 4.69) is 41.6 Å². The van der Waals surface area contributed by atoms with Crippen molar-refractivity contribution >= 4 is 5.69 Å². The summed E-state index contributed by atoms with van der Waals surface area (Å²) in [6.45, 7) is 3.87. The van der Waals surface area contributed by atoms with Crippen molar-refractivity contribution in [3.8, 4) is 0 Å². The Bertz CT molecular complexity index is 389. The topological polar surface area (TPSA) is 29.9 Å². The van der Waals surface area contributed by atoms with Crippen LogP contribution in [0.2, 0.25) is 0 Å². The van der Waals surface area contributed by atoms with E-state index in [0.29, 0.717) is 0 Å². The van der Waals surface area contributed by atoms with Crippen LogP contribution in [0.15, 0.2) is 42.7 Å². The third kappa shape index (κ3) is 2.84. The Morgan fingerprint density at radius 3 is 2.73 bits per heavy atom. The maximum Gasteiger partial charge on any atom is 0.0582 e. The van der Waals surface area contributed by atoms with Gasteiger partial charge >= 0.3 is 0 Å². The number of aromatic nitrogens is 2. The summed E-state index contributed by atoms with van der Waals surface area (Å²) in [6.07, 6.45) is 3.77. The van der Waals surface area contributed by atoms with Gasteiger partial charge in [-0.15, -0.1) is 0 Å². The Labute approximate surface area is 89.7 Å². The lowest BCUT2D eigenvalue weighted by molar-refractivity contribution is 0.638. The number of rotatable bonds is 4. The highest BCUT2D eigenvalue weighted by molar-refractivity contribution is 5.44. The lowest BCUT2D eigenvalue weighted by Crippen LogP contribution is -2.10. The normalized spacial score (nSPS) is 10.2. The number of nitrogens with zero attached hydrogens (tertiary/aromatic N) is 2. The van der Waals surface area contributed by atoms with Crippen LogP contribution in [0.5, 0.6) is 0 Å². The van der Waals surface area contributed by atoms with Crippen molar-refractivity contribution in [1.82, 2.24) is 9.78 Å². The molecule has 15 heavy (non-hydrogen) atoms. The van der Waals surface area contributed by atoms with Gasteiger partial charge in [0.2, 0.25) is 0 Å². The Kier molecular flexibility index (Phi) is 3.02. The fourth-order valence-electron chi connectivity index (χ4n) is 1.42. The van der Waals surface area contributed by atoms with E-state index in [1.165, 1.54) is 5.56 Å². The molecule has 1 N–H and O–H groups in total. The van der Waals surface area contributed by atoms with E-state index in [9.17, 15) is 0 Å². The second kappa shape index (κ2) is 4.64. The summed E-state index contributed by atoms with van der Waals surface area (Å²) in [4.78, 5) is 0. The first kappa shape index (κ1) is 9.77. The van der Waals surface area contributed by atoms with Crippen molar-refractivity contribution < 1.29 is 0 Å². The molecule has 0 aliphatic rings. The molecule has 0 atom stereocenters. The molecule has 0 saturated carbocycles. The van der Waals surface area contributed by atoms with Gasteiger partial charge in [0.1, 0.15) is 0 Å². The van der Waals surface area contributed by atoms with Gasteiger partial charge in [-0.1, -0.05) is 17.7 Å². The zero-order valence-electron chi connectivity index (χ0n) is 8.85. The third-order valence-electron chi connectivity index (χ3n) is 2.28. The van der Waals surface area contributed by atoms with Crippen molar-refractivity contribution in [3.63, 3.8) is 0 Å². The molecule has 0 saturated heterocycles. The summed E-state index contributed by atoms with van der Waals surface area (Å²) < 4.78 is 1.92. The van der Waals surface area contributed by atoms with Crippen LogP contribution >= 0.6 is 0 Å². The van der Waals surface area contributed by atoms with Crippen molar-refractivity contribution in [3.05, 3.63) is 48.3 Å². The third-order valence-corrected chi connectivity index (χ3v) is 2.28. The number of hydrogen-bond acceptors (Lipinski definition) is 2. The van der Waals surface area contributed by atoms with Crippen LogP contribution in [0.25, 0.3) is 0 Å². The van der Waals surface area contributed by atoms with Gasteiger partial charge in [-0.2, -0.15) is 5.10 Å². The molecule has 1 heterocycles. The number of benzene rings is 1. The fourth-order valence-corrected chi connectivity index (χ4v) is 1.42. The van der Waals surface area contributed by atoms with Crippen LogP contribution in [0.1, 0.15) is 5.56 Å². The predicted molar refractivity (Wildman–Crippen MR) is 61.9 cm³/mol. The first-order valence-corrected chi connectivity index (χ1v) is 5.12. The minimum absolute atomic E-state index is 0.890. The summed E-state index contributed by atoms with van der Waals surface area (Å²) in [5.74, 6) is 0. The smallest absolute Gasteiger partial charge is 0.0582 e. The van der Waals surface area contributed by atoms with E-state index in [1.807, 2.05) is 16.9 Å². The average molecular weight is 201 g/mol. The minimum Gasteiger partial charge on any atom is -0.383 e.